The Bertz CT molecular complexity index is 617. The van der Waals surface area contributed by atoms with Crippen molar-refractivity contribution in [3.8, 4) is 0 Å². The molecule has 4 nitrogen and oxygen atoms in total. The molecule has 0 atom stereocenters. The van der Waals surface area contributed by atoms with Gasteiger partial charge in [0.05, 0.1) is 11.1 Å². The summed E-state index contributed by atoms with van der Waals surface area (Å²) < 4.78 is 0. The van der Waals surface area contributed by atoms with E-state index in [0.29, 0.717) is 0 Å². The fourth-order valence-electron chi connectivity index (χ4n) is 2.05. The summed E-state index contributed by atoms with van der Waals surface area (Å²) in [6.07, 6.45) is 1.22. The van der Waals surface area contributed by atoms with Crippen molar-refractivity contribution in [3.05, 3.63) is 70.3 Å². The summed E-state index contributed by atoms with van der Waals surface area (Å²) in [4.78, 5) is 21.2. The van der Waals surface area contributed by atoms with E-state index in [4.69, 9.17) is 10.2 Å². The van der Waals surface area contributed by atoms with Crippen LogP contribution in [0, 0.1) is 6.92 Å². The molecule has 0 aromatic heterocycles. The van der Waals surface area contributed by atoms with Crippen molar-refractivity contribution in [1.29, 1.82) is 0 Å². The molecule has 2 aliphatic rings. The standard InChI is InChI=1S/C9H8O4.C7H6/c1-5-6(8(10)11)3-2-4-7(5)9(12)13;1-2-6-4-7(3-1)5-6/h2-4H,1H3,(H,10,11)(H,12,13);1-4H,5H2. The van der Waals surface area contributed by atoms with E-state index >= 15 is 0 Å². The van der Waals surface area contributed by atoms with Gasteiger partial charge in [0, 0.05) is 0 Å². The Kier molecular flexibility index (Phi) is 3.84. The van der Waals surface area contributed by atoms with Crippen LogP contribution in [-0.4, -0.2) is 22.2 Å². The number of hydrogen-bond donors (Lipinski definition) is 2. The van der Waals surface area contributed by atoms with E-state index in [1.54, 1.807) is 0 Å². The zero-order chi connectivity index (χ0) is 14.7. The van der Waals surface area contributed by atoms with Gasteiger partial charge in [-0.1, -0.05) is 30.3 Å². The highest BCUT2D eigenvalue weighted by molar-refractivity contribution is 5.96. The molecule has 0 fully saturated rings. The first-order valence-corrected chi connectivity index (χ1v) is 6.13. The van der Waals surface area contributed by atoms with Crippen molar-refractivity contribution < 1.29 is 19.8 Å². The Morgan fingerprint density at radius 1 is 0.900 bits per heavy atom. The topological polar surface area (TPSA) is 74.6 Å². The van der Waals surface area contributed by atoms with Gasteiger partial charge < -0.3 is 10.2 Å². The van der Waals surface area contributed by atoms with Gasteiger partial charge in [-0.3, -0.25) is 0 Å². The monoisotopic (exact) mass is 270 g/mol. The SMILES string of the molecule is Cc1c(C(=O)O)cccc1C(=O)O.c1cc2cc(c1)C2. The van der Waals surface area contributed by atoms with Crippen LogP contribution in [0.5, 0.6) is 0 Å². The Morgan fingerprint density at radius 3 is 1.55 bits per heavy atom. The van der Waals surface area contributed by atoms with E-state index in [1.165, 1.54) is 42.7 Å². The Balaban J connectivity index is 0.000000173. The summed E-state index contributed by atoms with van der Waals surface area (Å²) in [6.45, 7) is 1.48. The molecular weight excluding hydrogens is 256 g/mol. The van der Waals surface area contributed by atoms with Gasteiger partial charge in [-0.25, -0.2) is 9.59 Å². The molecule has 2 N–H and O–H groups in total. The van der Waals surface area contributed by atoms with Crippen LogP contribution in [0.15, 0.2) is 42.5 Å². The zero-order valence-corrected chi connectivity index (χ0v) is 11.0. The molecule has 0 radical (unpaired) electrons. The number of carboxylic acid groups (broad SMARTS) is 2. The van der Waals surface area contributed by atoms with Crippen LogP contribution < -0.4 is 0 Å². The van der Waals surface area contributed by atoms with Crippen molar-refractivity contribution in [2.75, 3.05) is 0 Å². The third-order valence-electron chi connectivity index (χ3n) is 3.19. The molecule has 2 bridgehead atoms. The molecule has 0 saturated heterocycles. The second kappa shape index (κ2) is 5.57. The summed E-state index contributed by atoms with van der Waals surface area (Å²) in [7, 11) is 0. The molecule has 2 aromatic rings. The minimum Gasteiger partial charge on any atom is -0.478 e. The molecule has 20 heavy (non-hydrogen) atoms. The second-order valence-corrected chi connectivity index (χ2v) is 4.59. The maximum atomic E-state index is 10.6. The molecule has 0 amide bonds. The van der Waals surface area contributed by atoms with Gasteiger partial charge >= 0.3 is 11.9 Å². The largest absolute Gasteiger partial charge is 0.478 e. The first-order chi connectivity index (χ1) is 9.49. The predicted molar refractivity (Wildman–Crippen MR) is 74.3 cm³/mol. The lowest BCUT2D eigenvalue weighted by molar-refractivity contribution is 0.0696. The minimum atomic E-state index is -1.11. The van der Waals surface area contributed by atoms with Crippen LogP contribution in [0.2, 0.25) is 0 Å². The Morgan fingerprint density at radius 2 is 1.30 bits per heavy atom. The summed E-state index contributed by atoms with van der Waals surface area (Å²) in [5.74, 6) is -2.22. The molecule has 102 valence electrons. The quantitative estimate of drug-likeness (QED) is 0.750. The van der Waals surface area contributed by atoms with Crippen LogP contribution in [-0.2, 0) is 6.42 Å². The molecule has 4 rings (SSSR count). The van der Waals surface area contributed by atoms with Crippen molar-refractivity contribution in [2.24, 2.45) is 0 Å². The van der Waals surface area contributed by atoms with E-state index in [1.807, 2.05) is 0 Å². The molecular formula is C16H14O4. The summed E-state index contributed by atoms with van der Waals surface area (Å²) in [5.41, 5.74) is 3.30. The average molecular weight is 270 g/mol. The maximum Gasteiger partial charge on any atom is 0.335 e. The number of aromatic carboxylic acids is 2. The molecule has 0 unspecified atom stereocenters. The third kappa shape index (κ3) is 2.85. The Hall–Kier alpha value is -2.62. The number of carboxylic acids is 2. The highest BCUT2D eigenvalue weighted by Gasteiger charge is 2.13. The molecule has 0 heterocycles. The van der Waals surface area contributed by atoms with Gasteiger partial charge in [0.25, 0.3) is 0 Å². The minimum absolute atomic E-state index is 0.0277. The number of carbonyl (C=O) groups is 2. The van der Waals surface area contributed by atoms with Crippen molar-refractivity contribution in [1.82, 2.24) is 0 Å². The fourth-order valence-corrected chi connectivity index (χ4v) is 2.05. The number of fused-ring (bicyclic) bond motifs is 2. The second-order valence-electron chi connectivity index (χ2n) is 4.59. The molecule has 0 aliphatic heterocycles. The number of hydrogen-bond acceptors (Lipinski definition) is 2. The lowest BCUT2D eigenvalue weighted by Crippen LogP contribution is -2.06. The molecule has 4 heteroatoms. The Labute approximate surface area is 116 Å². The maximum absolute atomic E-state index is 10.6. The molecule has 0 spiro atoms. The lowest BCUT2D eigenvalue weighted by atomic mass is 9.94. The van der Waals surface area contributed by atoms with Gasteiger partial charge in [0.1, 0.15) is 0 Å². The van der Waals surface area contributed by atoms with Crippen LogP contribution in [0.4, 0.5) is 0 Å². The lowest BCUT2D eigenvalue weighted by Gasteiger charge is -2.11. The van der Waals surface area contributed by atoms with Crippen LogP contribution in [0.1, 0.15) is 37.4 Å². The van der Waals surface area contributed by atoms with Crippen LogP contribution >= 0.6 is 0 Å². The van der Waals surface area contributed by atoms with Crippen LogP contribution in [0.3, 0.4) is 0 Å². The highest BCUT2D eigenvalue weighted by atomic mass is 16.4. The van der Waals surface area contributed by atoms with Crippen molar-refractivity contribution in [3.63, 3.8) is 0 Å². The summed E-state index contributed by atoms with van der Waals surface area (Å²) >= 11 is 0. The van der Waals surface area contributed by atoms with E-state index in [9.17, 15) is 9.59 Å². The fraction of sp³-hybridized carbons (Fsp3) is 0.125. The van der Waals surface area contributed by atoms with E-state index in [-0.39, 0.29) is 16.7 Å². The van der Waals surface area contributed by atoms with Gasteiger partial charge in [0.15, 0.2) is 0 Å². The normalized spacial score (nSPS) is 10.8. The summed E-state index contributed by atoms with van der Waals surface area (Å²) in [6, 6.07) is 12.8. The van der Waals surface area contributed by atoms with Crippen molar-refractivity contribution >= 4 is 11.9 Å². The first kappa shape index (κ1) is 13.8. The van der Waals surface area contributed by atoms with Gasteiger partial charge in [-0.05, 0) is 42.2 Å². The van der Waals surface area contributed by atoms with Gasteiger partial charge in [-0.2, -0.15) is 0 Å². The smallest absolute Gasteiger partial charge is 0.335 e. The summed E-state index contributed by atoms with van der Waals surface area (Å²) in [5, 5.41) is 17.4. The van der Waals surface area contributed by atoms with E-state index in [0.717, 1.165) is 0 Å². The van der Waals surface area contributed by atoms with Crippen molar-refractivity contribution in [2.45, 2.75) is 13.3 Å². The zero-order valence-electron chi connectivity index (χ0n) is 11.0. The third-order valence-corrected chi connectivity index (χ3v) is 3.19. The van der Waals surface area contributed by atoms with Gasteiger partial charge in [0.2, 0.25) is 0 Å². The molecule has 2 aliphatic carbocycles. The predicted octanol–water partition coefficient (Wildman–Crippen LogP) is 2.98. The molecule has 0 saturated carbocycles. The number of benzene rings is 2. The first-order valence-electron chi connectivity index (χ1n) is 6.13. The molecule has 2 aromatic carbocycles. The van der Waals surface area contributed by atoms with E-state index in [2.05, 4.69) is 24.3 Å². The van der Waals surface area contributed by atoms with Gasteiger partial charge in [-0.15, -0.1) is 0 Å². The average Bonchev–Trinajstić information content (AvgIpc) is 2.39. The number of rotatable bonds is 2. The van der Waals surface area contributed by atoms with E-state index < -0.39 is 11.9 Å². The highest BCUT2D eigenvalue weighted by Crippen LogP contribution is 2.18. The van der Waals surface area contributed by atoms with Crippen LogP contribution in [0.25, 0.3) is 0 Å².